The van der Waals surface area contributed by atoms with Gasteiger partial charge in [0.2, 0.25) is 5.78 Å². The predicted molar refractivity (Wildman–Crippen MR) is 149 cm³/mol. The van der Waals surface area contributed by atoms with Crippen LogP contribution in [-0.4, -0.2) is 62.0 Å². The molecule has 3 amide bonds. The molecule has 0 heterocycles. The molecule has 0 aromatic heterocycles. The standard InChI is InChI=1S/C29H28ClN3O8/c30-8-1-9-32-28(40)33-16-4-2-13(3-5-16)17-6-7-19(34)22-18(17)11-14-10-15-12-20(35)23(27(31)39)26(38)29(15,41)25(37)21(14)24(22)36/h2-7,14-15,34,36,38,41H,1,8-12H2,(H2,31,39)(H2,32,33,40). The lowest BCUT2D eigenvalue weighted by atomic mass is 9.59. The average Bonchev–Trinajstić information content (AvgIpc) is 2.91. The molecule has 41 heavy (non-hydrogen) atoms. The maximum Gasteiger partial charge on any atom is 0.319 e. The van der Waals surface area contributed by atoms with Gasteiger partial charge in [0, 0.05) is 36.0 Å². The SMILES string of the molecule is NC(=O)C1=C(O)C2(O)C(=O)C3=C(O)c4c(O)ccc(-c5ccc(NC(=O)NCCCCl)cc5)c4CC3CC2CC1=O. The van der Waals surface area contributed by atoms with Crippen molar-refractivity contribution in [3.63, 3.8) is 0 Å². The molecule has 0 radical (unpaired) electrons. The number of nitrogens with one attached hydrogen (secondary N) is 2. The van der Waals surface area contributed by atoms with E-state index in [0.29, 0.717) is 41.2 Å². The first kappa shape index (κ1) is 28.2. The summed E-state index contributed by atoms with van der Waals surface area (Å²) in [6, 6.07) is 9.58. The predicted octanol–water partition coefficient (Wildman–Crippen LogP) is 2.84. The quantitative estimate of drug-likeness (QED) is 0.153. The minimum atomic E-state index is -2.61. The summed E-state index contributed by atoms with van der Waals surface area (Å²) in [6.45, 7) is 0.435. The van der Waals surface area contributed by atoms with E-state index < -0.39 is 52.0 Å². The molecule has 3 atom stereocenters. The zero-order valence-electron chi connectivity index (χ0n) is 21.7. The molecule has 3 unspecified atom stereocenters. The van der Waals surface area contributed by atoms with E-state index in [1.54, 1.807) is 30.3 Å². The number of aromatic hydroxyl groups is 1. The highest BCUT2D eigenvalue weighted by atomic mass is 35.5. The second-order valence-corrected chi connectivity index (χ2v) is 10.8. The van der Waals surface area contributed by atoms with Crippen molar-refractivity contribution >= 4 is 46.6 Å². The lowest BCUT2D eigenvalue weighted by Crippen LogP contribution is -2.58. The zero-order chi connectivity index (χ0) is 29.6. The molecule has 12 heteroatoms. The highest BCUT2D eigenvalue weighted by Crippen LogP contribution is 2.53. The van der Waals surface area contributed by atoms with Crippen LogP contribution in [0.3, 0.4) is 0 Å². The lowest BCUT2D eigenvalue weighted by Gasteiger charge is -2.46. The number of aliphatic hydroxyl groups is 3. The van der Waals surface area contributed by atoms with Crippen LogP contribution < -0.4 is 16.4 Å². The maximum atomic E-state index is 13.6. The zero-order valence-corrected chi connectivity index (χ0v) is 22.5. The van der Waals surface area contributed by atoms with Gasteiger partial charge in [-0.3, -0.25) is 14.4 Å². The number of alkyl halides is 1. The number of rotatable bonds is 6. The highest BCUT2D eigenvalue weighted by molar-refractivity contribution is 6.22. The Bertz CT molecular complexity index is 1550. The number of nitrogens with two attached hydrogens (primary N) is 1. The Hall–Kier alpha value is -4.35. The van der Waals surface area contributed by atoms with Crippen molar-refractivity contribution in [2.75, 3.05) is 17.7 Å². The molecule has 3 aliphatic carbocycles. The van der Waals surface area contributed by atoms with E-state index >= 15 is 0 Å². The monoisotopic (exact) mass is 581 g/mol. The summed E-state index contributed by atoms with van der Waals surface area (Å²) in [5.41, 5.74) is 4.05. The largest absolute Gasteiger partial charge is 0.508 e. The first-order chi connectivity index (χ1) is 19.5. The second kappa shape index (κ2) is 10.6. The van der Waals surface area contributed by atoms with Crippen LogP contribution in [0.15, 0.2) is 53.3 Å². The summed E-state index contributed by atoms with van der Waals surface area (Å²) < 4.78 is 0. The highest BCUT2D eigenvalue weighted by Gasteiger charge is 2.60. The molecule has 1 fully saturated rings. The number of benzene rings is 2. The molecule has 1 saturated carbocycles. The Kier molecular flexibility index (Phi) is 7.26. The first-order valence-corrected chi connectivity index (χ1v) is 13.6. The molecule has 11 nitrogen and oxygen atoms in total. The van der Waals surface area contributed by atoms with E-state index in [4.69, 9.17) is 17.3 Å². The summed E-state index contributed by atoms with van der Waals surface area (Å²) in [5.74, 6) is -6.30. The number of carbonyl (C=O) groups excluding carboxylic acids is 4. The number of ketones is 2. The lowest BCUT2D eigenvalue weighted by molar-refractivity contribution is -0.147. The Morgan fingerprint density at radius 3 is 2.41 bits per heavy atom. The van der Waals surface area contributed by atoms with Crippen molar-refractivity contribution in [2.45, 2.75) is 31.3 Å². The van der Waals surface area contributed by atoms with E-state index in [2.05, 4.69) is 10.6 Å². The fraction of sp³-hybridized carbons (Fsp3) is 0.310. The number of primary amides is 1. The van der Waals surface area contributed by atoms with Crippen molar-refractivity contribution in [3.05, 3.63) is 64.4 Å². The minimum Gasteiger partial charge on any atom is -0.508 e. The van der Waals surface area contributed by atoms with Gasteiger partial charge in [-0.2, -0.15) is 0 Å². The van der Waals surface area contributed by atoms with Crippen LogP contribution in [0.25, 0.3) is 16.9 Å². The van der Waals surface area contributed by atoms with Crippen molar-refractivity contribution in [1.82, 2.24) is 5.32 Å². The van der Waals surface area contributed by atoms with Gasteiger partial charge in [0.25, 0.3) is 5.91 Å². The van der Waals surface area contributed by atoms with E-state index in [-0.39, 0.29) is 42.2 Å². The number of phenols is 1. The molecule has 0 bridgehead atoms. The van der Waals surface area contributed by atoms with Crippen LogP contribution in [0.5, 0.6) is 5.75 Å². The van der Waals surface area contributed by atoms with Crippen LogP contribution in [-0.2, 0) is 20.8 Å². The van der Waals surface area contributed by atoms with Crippen molar-refractivity contribution in [2.24, 2.45) is 17.6 Å². The van der Waals surface area contributed by atoms with Gasteiger partial charge in [-0.05, 0) is 60.1 Å². The van der Waals surface area contributed by atoms with Crippen molar-refractivity contribution in [1.29, 1.82) is 0 Å². The summed E-state index contributed by atoms with van der Waals surface area (Å²) >= 11 is 5.62. The normalized spacial score (nSPS) is 23.5. The van der Waals surface area contributed by atoms with Gasteiger partial charge in [0.1, 0.15) is 22.8 Å². The summed E-state index contributed by atoms with van der Waals surface area (Å²) in [6.07, 6.45) is 0.474. The number of fused-ring (bicyclic) bond motifs is 3. The second-order valence-electron chi connectivity index (χ2n) is 10.4. The fourth-order valence-corrected chi connectivity index (χ4v) is 6.20. The van der Waals surface area contributed by atoms with Gasteiger partial charge >= 0.3 is 6.03 Å². The van der Waals surface area contributed by atoms with Crippen LogP contribution in [0.1, 0.15) is 30.4 Å². The molecule has 2 aromatic carbocycles. The topological polar surface area (TPSA) is 199 Å². The fourth-order valence-electron chi connectivity index (χ4n) is 6.07. The molecular formula is C29H28ClN3O8. The third kappa shape index (κ3) is 4.60. The molecule has 5 rings (SSSR count). The van der Waals surface area contributed by atoms with Crippen LogP contribution in [0.2, 0.25) is 0 Å². The summed E-state index contributed by atoms with van der Waals surface area (Å²) in [5, 5.41) is 49.5. The molecule has 0 aliphatic heterocycles. The van der Waals surface area contributed by atoms with Gasteiger partial charge in [-0.15, -0.1) is 11.6 Å². The van der Waals surface area contributed by atoms with E-state index in [0.717, 1.165) is 0 Å². The molecule has 214 valence electrons. The Labute approximate surface area is 239 Å². The van der Waals surface area contributed by atoms with Gasteiger partial charge in [0.05, 0.1) is 5.56 Å². The number of aliphatic hydroxyl groups excluding tert-OH is 2. The Morgan fingerprint density at radius 2 is 1.76 bits per heavy atom. The number of hydrogen-bond acceptors (Lipinski definition) is 8. The number of amides is 3. The Balaban J connectivity index is 1.52. The first-order valence-electron chi connectivity index (χ1n) is 13.0. The van der Waals surface area contributed by atoms with Gasteiger partial charge in [-0.25, -0.2) is 4.79 Å². The number of halogens is 1. The Morgan fingerprint density at radius 1 is 1.05 bits per heavy atom. The molecule has 0 spiro atoms. The third-order valence-corrected chi connectivity index (χ3v) is 8.26. The third-order valence-electron chi connectivity index (χ3n) is 8.00. The van der Waals surface area contributed by atoms with Crippen molar-refractivity contribution in [3.8, 4) is 16.9 Å². The van der Waals surface area contributed by atoms with E-state index in [1.807, 2.05) is 0 Å². The number of anilines is 1. The average molecular weight is 582 g/mol. The van der Waals surface area contributed by atoms with Gasteiger partial charge in [0.15, 0.2) is 11.4 Å². The molecular weight excluding hydrogens is 554 g/mol. The molecule has 3 aliphatic rings. The van der Waals surface area contributed by atoms with E-state index in [9.17, 15) is 39.6 Å². The van der Waals surface area contributed by atoms with E-state index in [1.165, 1.54) is 6.07 Å². The summed E-state index contributed by atoms with van der Waals surface area (Å²) in [7, 11) is 0. The van der Waals surface area contributed by atoms with Crippen LogP contribution >= 0.6 is 11.6 Å². The van der Waals surface area contributed by atoms with Gasteiger partial charge < -0.3 is 36.8 Å². The number of phenolic OH excluding ortho intramolecular Hbond substituents is 1. The van der Waals surface area contributed by atoms with Gasteiger partial charge in [-0.1, -0.05) is 18.2 Å². The number of carbonyl (C=O) groups is 4. The summed E-state index contributed by atoms with van der Waals surface area (Å²) in [4.78, 5) is 50.0. The molecule has 0 saturated heterocycles. The molecule has 8 N–H and O–H groups in total. The number of hydrogen-bond donors (Lipinski definition) is 7. The maximum absolute atomic E-state index is 13.6. The number of urea groups is 1. The van der Waals surface area contributed by atoms with Crippen LogP contribution in [0, 0.1) is 11.8 Å². The number of Topliss-reactive ketones (excluding diaryl/α,β-unsaturated/α-hetero) is 2. The van der Waals surface area contributed by atoms with Crippen molar-refractivity contribution < 1.29 is 39.6 Å². The minimum absolute atomic E-state index is 0.00972. The smallest absolute Gasteiger partial charge is 0.319 e. The van der Waals surface area contributed by atoms with Crippen LogP contribution in [0.4, 0.5) is 10.5 Å². The molecule has 2 aromatic rings.